The lowest BCUT2D eigenvalue weighted by Crippen LogP contribution is -2.36. The third-order valence-corrected chi connectivity index (χ3v) is 2.99. The number of carbonyl (C=O) groups excluding carboxylic acids is 1. The number of hydrogen-bond acceptors (Lipinski definition) is 8. The molecule has 0 spiro atoms. The molecule has 0 aliphatic carbocycles. The zero-order valence-electron chi connectivity index (χ0n) is 12.6. The van der Waals surface area contributed by atoms with Crippen molar-refractivity contribution in [1.82, 2.24) is 9.55 Å². The van der Waals surface area contributed by atoms with Gasteiger partial charge in [-0.2, -0.15) is 13.8 Å². The number of alkyl halides is 2. The summed E-state index contributed by atoms with van der Waals surface area (Å²) in [5.41, 5.74) is 4.20. The van der Waals surface area contributed by atoms with Gasteiger partial charge in [-0.3, -0.25) is 4.57 Å². The van der Waals surface area contributed by atoms with E-state index in [9.17, 15) is 23.5 Å². The van der Waals surface area contributed by atoms with Gasteiger partial charge in [0.25, 0.3) is 6.23 Å². The molecule has 0 amide bonds. The SMILES string of the molecule is CCCOC(=O)OCC1=C(O)C(F)(F)[C@H](n2ccc(N)nc2=O)O1. The van der Waals surface area contributed by atoms with Gasteiger partial charge < -0.3 is 25.1 Å². The average Bonchev–Trinajstić information content (AvgIpc) is 2.74. The van der Waals surface area contributed by atoms with Crippen molar-refractivity contribution < 1.29 is 32.9 Å². The van der Waals surface area contributed by atoms with Crippen LogP contribution in [-0.2, 0) is 14.2 Å². The largest absolute Gasteiger partial charge is 0.508 e. The highest BCUT2D eigenvalue weighted by atomic mass is 19.3. The quantitative estimate of drug-likeness (QED) is 0.764. The summed E-state index contributed by atoms with van der Waals surface area (Å²) in [5, 5.41) is 9.59. The van der Waals surface area contributed by atoms with E-state index in [1.165, 1.54) is 0 Å². The molecule has 1 aromatic heterocycles. The monoisotopic (exact) mass is 347 g/mol. The molecule has 24 heavy (non-hydrogen) atoms. The summed E-state index contributed by atoms with van der Waals surface area (Å²) in [4.78, 5) is 26.2. The first-order chi connectivity index (χ1) is 11.3. The Morgan fingerprint density at radius 3 is 2.88 bits per heavy atom. The van der Waals surface area contributed by atoms with E-state index in [1.807, 2.05) is 0 Å². The summed E-state index contributed by atoms with van der Waals surface area (Å²) in [7, 11) is 0. The molecule has 2 heterocycles. The topological polar surface area (TPSA) is 126 Å². The van der Waals surface area contributed by atoms with Gasteiger partial charge in [0.15, 0.2) is 12.4 Å². The predicted molar refractivity (Wildman–Crippen MR) is 75.2 cm³/mol. The van der Waals surface area contributed by atoms with E-state index >= 15 is 0 Å². The molecule has 0 aromatic carbocycles. The Hall–Kier alpha value is -2.85. The first-order valence-corrected chi connectivity index (χ1v) is 6.88. The second-order valence-electron chi connectivity index (χ2n) is 4.79. The third-order valence-electron chi connectivity index (χ3n) is 2.99. The first kappa shape index (κ1) is 17.5. The molecule has 1 aromatic rings. The molecule has 1 aliphatic heterocycles. The number of halogens is 2. The molecule has 0 fully saturated rings. The lowest BCUT2D eigenvalue weighted by atomic mass is 10.2. The summed E-state index contributed by atoms with van der Waals surface area (Å²) in [6.07, 6.45) is -1.77. The van der Waals surface area contributed by atoms with Crippen LogP contribution in [0, 0.1) is 0 Å². The number of nitrogen functional groups attached to an aromatic ring is 1. The maximum absolute atomic E-state index is 14.1. The van der Waals surface area contributed by atoms with Gasteiger partial charge in [0, 0.05) is 6.20 Å². The molecule has 0 bridgehead atoms. The normalized spacial score (nSPS) is 19.0. The smallest absolute Gasteiger partial charge is 0.504 e. The van der Waals surface area contributed by atoms with Crippen LogP contribution < -0.4 is 11.4 Å². The van der Waals surface area contributed by atoms with E-state index in [-0.39, 0.29) is 12.4 Å². The summed E-state index contributed by atoms with van der Waals surface area (Å²) < 4.78 is 42.8. The van der Waals surface area contributed by atoms with Crippen molar-refractivity contribution in [1.29, 1.82) is 0 Å². The van der Waals surface area contributed by atoms with E-state index in [1.54, 1.807) is 6.92 Å². The zero-order chi connectivity index (χ0) is 17.9. The number of aliphatic hydroxyl groups is 1. The van der Waals surface area contributed by atoms with Crippen LogP contribution in [0.3, 0.4) is 0 Å². The summed E-state index contributed by atoms with van der Waals surface area (Å²) in [5.74, 6) is -6.22. The summed E-state index contributed by atoms with van der Waals surface area (Å²) in [6, 6.07) is 1.12. The van der Waals surface area contributed by atoms with E-state index < -0.39 is 42.1 Å². The number of nitrogens with two attached hydrogens (primary N) is 1. The highest BCUT2D eigenvalue weighted by molar-refractivity contribution is 5.60. The van der Waals surface area contributed by atoms with E-state index in [2.05, 4.69) is 14.5 Å². The molecule has 0 saturated carbocycles. The van der Waals surface area contributed by atoms with Crippen molar-refractivity contribution in [2.75, 3.05) is 18.9 Å². The first-order valence-electron chi connectivity index (χ1n) is 6.88. The molecule has 0 radical (unpaired) electrons. The maximum Gasteiger partial charge on any atom is 0.508 e. The number of aromatic nitrogens is 2. The van der Waals surface area contributed by atoms with Gasteiger partial charge >= 0.3 is 17.8 Å². The number of ether oxygens (including phenoxy) is 3. The number of carbonyl (C=O) groups is 1. The lowest BCUT2D eigenvalue weighted by Gasteiger charge is -2.20. The van der Waals surface area contributed by atoms with Gasteiger partial charge in [-0.25, -0.2) is 9.59 Å². The van der Waals surface area contributed by atoms with Gasteiger partial charge in [0.2, 0.25) is 5.76 Å². The minimum atomic E-state index is -3.92. The van der Waals surface area contributed by atoms with Crippen molar-refractivity contribution in [3.8, 4) is 0 Å². The fraction of sp³-hybridized carbons (Fsp3) is 0.462. The third kappa shape index (κ3) is 3.39. The standard InChI is InChI=1S/C13H15F2N3O6/c1-2-5-22-12(21)23-6-7-9(19)13(14,15)10(24-7)18-4-3-8(16)17-11(18)20/h3-4,10,19H,2,5-6H2,1H3,(H2,16,17,20)/t10-/m1/s1. The number of aliphatic hydroxyl groups excluding tert-OH is 1. The molecule has 11 heteroatoms. The lowest BCUT2D eigenvalue weighted by molar-refractivity contribution is -0.117. The van der Waals surface area contributed by atoms with Crippen LogP contribution >= 0.6 is 0 Å². The molecule has 0 saturated heterocycles. The van der Waals surface area contributed by atoms with Crippen molar-refractivity contribution in [2.45, 2.75) is 25.5 Å². The molecule has 9 nitrogen and oxygen atoms in total. The van der Waals surface area contributed by atoms with Crippen LogP contribution in [0.1, 0.15) is 19.6 Å². The van der Waals surface area contributed by atoms with Crippen LogP contribution in [0.5, 0.6) is 0 Å². The van der Waals surface area contributed by atoms with Gasteiger partial charge in [0.1, 0.15) is 5.82 Å². The second kappa shape index (κ2) is 6.72. The minimum Gasteiger partial charge on any atom is -0.504 e. The average molecular weight is 347 g/mol. The van der Waals surface area contributed by atoms with Gasteiger partial charge in [-0.1, -0.05) is 6.92 Å². The number of anilines is 1. The Kier molecular flexibility index (Phi) is 4.90. The molecular weight excluding hydrogens is 332 g/mol. The fourth-order valence-electron chi connectivity index (χ4n) is 1.86. The Morgan fingerprint density at radius 1 is 1.54 bits per heavy atom. The minimum absolute atomic E-state index is 0.0933. The highest BCUT2D eigenvalue weighted by Crippen LogP contribution is 2.43. The van der Waals surface area contributed by atoms with Gasteiger partial charge in [-0.05, 0) is 12.5 Å². The molecule has 3 N–H and O–H groups in total. The van der Waals surface area contributed by atoms with Gasteiger partial charge in [-0.15, -0.1) is 0 Å². The molecule has 1 atom stereocenters. The second-order valence-corrected chi connectivity index (χ2v) is 4.79. The van der Waals surface area contributed by atoms with Crippen molar-refractivity contribution in [3.05, 3.63) is 34.3 Å². The van der Waals surface area contributed by atoms with Crippen molar-refractivity contribution >= 4 is 12.0 Å². The molecule has 132 valence electrons. The molecular formula is C13H15F2N3O6. The number of nitrogens with zero attached hydrogens (tertiary/aromatic N) is 2. The fourth-order valence-corrected chi connectivity index (χ4v) is 1.86. The van der Waals surface area contributed by atoms with Crippen LogP contribution in [-0.4, -0.2) is 39.9 Å². The summed E-state index contributed by atoms with van der Waals surface area (Å²) in [6.45, 7) is 1.07. The summed E-state index contributed by atoms with van der Waals surface area (Å²) >= 11 is 0. The number of rotatable bonds is 5. The molecule has 2 rings (SSSR count). The van der Waals surface area contributed by atoms with Crippen LogP contribution in [0.15, 0.2) is 28.6 Å². The molecule has 0 unspecified atom stereocenters. The highest BCUT2D eigenvalue weighted by Gasteiger charge is 2.55. The van der Waals surface area contributed by atoms with E-state index in [0.29, 0.717) is 11.0 Å². The number of hydrogen-bond donors (Lipinski definition) is 2. The molecule has 1 aliphatic rings. The van der Waals surface area contributed by atoms with Crippen molar-refractivity contribution in [3.63, 3.8) is 0 Å². The van der Waals surface area contributed by atoms with Gasteiger partial charge in [0.05, 0.1) is 6.61 Å². The van der Waals surface area contributed by atoms with Crippen LogP contribution in [0.4, 0.5) is 19.4 Å². The van der Waals surface area contributed by atoms with E-state index in [0.717, 1.165) is 12.3 Å². The Labute approximate surface area is 134 Å². The van der Waals surface area contributed by atoms with Crippen LogP contribution in [0.2, 0.25) is 0 Å². The Morgan fingerprint density at radius 2 is 2.25 bits per heavy atom. The van der Waals surface area contributed by atoms with Crippen molar-refractivity contribution in [2.24, 2.45) is 0 Å². The van der Waals surface area contributed by atoms with E-state index in [4.69, 9.17) is 10.5 Å². The Bertz CT molecular complexity index is 718. The predicted octanol–water partition coefficient (Wildman–Crippen LogP) is 1.32. The van der Waals surface area contributed by atoms with Crippen LogP contribution in [0.25, 0.3) is 0 Å². The Balaban J connectivity index is 2.14. The maximum atomic E-state index is 14.1. The zero-order valence-corrected chi connectivity index (χ0v) is 12.6.